The van der Waals surface area contributed by atoms with Crippen LogP contribution in [-0.2, 0) is 17.9 Å². The molecule has 0 saturated heterocycles. The average Bonchev–Trinajstić information content (AvgIpc) is 2.56. The van der Waals surface area contributed by atoms with E-state index in [1.165, 1.54) is 0 Å². The summed E-state index contributed by atoms with van der Waals surface area (Å²) in [5, 5.41) is 20.2. The number of carbonyl (C=O) groups is 1. The van der Waals surface area contributed by atoms with Crippen molar-refractivity contribution in [2.24, 2.45) is 5.92 Å². The molecular weight excluding hydrogens is 302 g/mol. The van der Waals surface area contributed by atoms with Crippen LogP contribution in [0.25, 0.3) is 0 Å². The van der Waals surface area contributed by atoms with Crippen LogP contribution < -0.4 is 0 Å². The third-order valence-electron chi connectivity index (χ3n) is 4.11. The van der Waals surface area contributed by atoms with Crippen LogP contribution in [0.3, 0.4) is 0 Å². The summed E-state index contributed by atoms with van der Waals surface area (Å²) in [6.07, 6.45) is -0.935. The Balaban J connectivity index is 2.30. The van der Waals surface area contributed by atoms with E-state index in [4.69, 9.17) is 0 Å². The van der Waals surface area contributed by atoms with Gasteiger partial charge in [-0.05, 0) is 17.0 Å². The van der Waals surface area contributed by atoms with Crippen molar-refractivity contribution in [1.29, 1.82) is 0 Å². The van der Waals surface area contributed by atoms with Crippen LogP contribution in [0.2, 0.25) is 0 Å². The monoisotopic (exact) mass is 327 g/mol. The quantitative estimate of drug-likeness (QED) is 0.782. The minimum Gasteiger partial charge on any atom is -0.480 e. The van der Waals surface area contributed by atoms with Crippen LogP contribution in [0.1, 0.15) is 25.0 Å². The van der Waals surface area contributed by atoms with Crippen LogP contribution in [0, 0.1) is 5.92 Å². The molecule has 0 heterocycles. The standard InChI is InChI=1S/C20H25NO3/c1-15(2)19(22)18(20(23)24)21(13-16-9-5-3-6-10-16)14-17-11-7-4-8-12-17/h3-12,15,18-19,22H,13-14H2,1-2H3,(H,23,24)/t18-,19-/m0/s1. The van der Waals surface area contributed by atoms with E-state index in [9.17, 15) is 15.0 Å². The molecular formula is C20H25NO3. The molecule has 0 aliphatic rings. The van der Waals surface area contributed by atoms with Crippen LogP contribution in [-0.4, -0.2) is 33.2 Å². The van der Waals surface area contributed by atoms with Crippen LogP contribution in [0.4, 0.5) is 0 Å². The van der Waals surface area contributed by atoms with E-state index in [-0.39, 0.29) is 5.92 Å². The summed E-state index contributed by atoms with van der Waals surface area (Å²) in [4.78, 5) is 13.7. The molecule has 2 N–H and O–H groups in total. The number of aliphatic carboxylic acids is 1. The highest BCUT2D eigenvalue weighted by Crippen LogP contribution is 2.19. The molecule has 2 aromatic carbocycles. The largest absolute Gasteiger partial charge is 0.480 e. The zero-order valence-electron chi connectivity index (χ0n) is 14.2. The first-order valence-corrected chi connectivity index (χ1v) is 8.22. The van der Waals surface area contributed by atoms with Crippen LogP contribution >= 0.6 is 0 Å². The van der Waals surface area contributed by atoms with Gasteiger partial charge >= 0.3 is 5.97 Å². The van der Waals surface area contributed by atoms with Gasteiger partial charge in [0.05, 0.1) is 6.10 Å². The summed E-state index contributed by atoms with van der Waals surface area (Å²) in [5.74, 6) is -1.14. The maximum absolute atomic E-state index is 11.9. The molecule has 0 saturated carbocycles. The number of hydrogen-bond acceptors (Lipinski definition) is 3. The second-order valence-corrected chi connectivity index (χ2v) is 6.39. The highest BCUT2D eigenvalue weighted by Gasteiger charge is 2.34. The minimum absolute atomic E-state index is 0.139. The predicted molar refractivity (Wildman–Crippen MR) is 94.4 cm³/mol. The van der Waals surface area contributed by atoms with E-state index in [0.29, 0.717) is 13.1 Å². The zero-order valence-corrected chi connectivity index (χ0v) is 14.2. The van der Waals surface area contributed by atoms with Crippen molar-refractivity contribution in [1.82, 2.24) is 4.90 Å². The average molecular weight is 327 g/mol. The lowest BCUT2D eigenvalue weighted by atomic mass is 9.97. The number of hydrogen-bond donors (Lipinski definition) is 2. The van der Waals surface area contributed by atoms with Gasteiger partial charge in [0.1, 0.15) is 6.04 Å². The van der Waals surface area contributed by atoms with Crippen molar-refractivity contribution in [3.8, 4) is 0 Å². The number of carboxylic acid groups (broad SMARTS) is 1. The Labute approximate surface area is 143 Å². The van der Waals surface area contributed by atoms with Gasteiger partial charge in [-0.2, -0.15) is 0 Å². The molecule has 0 fully saturated rings. The highest BCUT2D eigenvalue weighted by molar-refractivity contribution is 5.74. The Kier molecular flexibility index (Phi) is 6.53. The molecule has 0 aliphatic carbocycles. The lowest BCUT2D eigenvalue weighted by molar-refractivity contribution is -0.150. The van der Waals surface area contributed by atoms with Crippen molar-refractivity contribution in [3.63, 3.8) is 0 Å². The molecule has 0 bridgehead atoms. The lowest BCUT2D eigenvalue weighted by Gasteiger charge is -2.33. The summed E-state index contributed by atoms with van der Waals surface area (Å²) < 4.78 is 0. The molecule has 0 spiro atoms. The SMILES string of the molecule is CC(C)[C@H](O)[C@@H](C(=O)O)N(Cc1ccccc1)Cc1ccccc1. The number of benzene rings is 2. The summed E-state index contributed by atoms with van der Waals surface area (Å²) in [6.45, 7) is 4.61. The molecule has 4 heteroatoms. The van der Waals surface area contributed by atoms with Crippen molar-refractivity contribution >= 4 is 5.97 Å². The predicted octanol–water partition coefficient (Wildman–Crippen LogP) is 3.16. The fraction of sp³-hybridized carbons (Fsp3) is 0.350. The smallest absolute Gasteiger partial charge is 0.323 e. The van der Waals surface area contributed by atoms with Gasteiger partial charge in [-0.25, -0.2) is 0 Å². The minimum atomic E-state index is -0.997. The fourth-order valence-corrected chi connectivity index (χ4v) is 2.77. The Bertz CT molecular complexity index is 586. The molecule has 0 radical (unpaired) electrons. The van der Waals surface area contributed by atoms with E-state index in [0.717, 1.165) is 11.1 Å². The van der Waals surface area contributed by atoms with Gasteiger partial charge < -0.3 is 10.2 Å². The molecule has 0 amide bonds. The maximum atomic E-state index is 11.9. The van der Waals surface area contributed by atoms with E-state index < -0.39 is 18.1 Å². The number of rotatable bonds is 8. The Morgan fingerprint density at radius 1 is 0.917 bits per heavy atom. The first kappa shape index (κ1) is 18.2. The molecule has 2 aromatic rings. The van der Waals surface area contributed by atoms with Crippen LogP contribution in [0.15, 0.2) is 60.7 Å². The summed E-state index contributed by atoms with van der Waals surface area (Å²) in [6, 6.07) is 18.5. The molecule has 128 valence electrons. The van der Waals surface area contributed by atoms with E-state index >= 15 is 0 Å². The lowest BCUT2D eigenvalue weighted by Crippen LogP contribution is -2.50. The van der Waals surface area contributed by atoms with Gasteiger partial charge in [-0.3, -0.25) is 9.69 Å². The third-order valence-corrected chi connectivity index (χ3v) is 4.11. The number of carboxylic acids is 1. The van der Waals surface area contributed by atoms with Crippen molar-refractivity contribution in [2.45, 2.75) is 39.1 Å². The number of nitrogens with zero attached hydrogens (tertiary/aromatic N) is 1. The molecule has 2 atom stereocenters. The van der Waals surface area contributed by atoms with Gasteiger partial charge in [0, 0.05) is 13.1 Å². The Hall–Kier alpha value is -2.17. The normalized spacial score (nSPS) is 13.9. The molecule has 0 aliphatic heterocycles. The number of aliphatic hydroxyl groups excluding tert-OH is 1. The summed E-state index contributed by atoms with van der Waals surface area (Å²) in [5.41, 5.74) is 2.05. The van der Waals surface area contributed by atoms with Crippen molar-refractivity contribution in [2.75, 3.05) is 0 Å². The fourth-order valence-electron chi connectivity index (χ4n) is 2.77. The van der Waals surface area contributed by atoms with Gasteiger partial charge in [-0.1, -0.05) is 74.5 Å². The second kappa shape index (κ2) is 8.62. The van der Waals surface area contributed by atoms with Crippen molar-refractivity contribution < 1.29 is 15.0 Å². The molecule has 4 nitrogen and oxygen atoms in total. The summed E-state index contributed by atoms with van der Waals surface area (Å²) in [7, 11) is 0. The maximum Gasteiger partial charge on any atom is 0.323 e. The van der Waals surface area contributed by atoms with E-state index in [1.54, 1.807) is 0 Å². The first-order valence-electron chi connectivity index (χ1n) is 8.22. The van der Waals surface area contributed by atoms with Crippen molar-refractivity contribution in [3.05, 3.63) is 71.8 Å². The molecule has 2 rings (SSSR count). The van der Waals surface area contributed by atoms with E-state index in [2.05, 4.69) is 0 Å². The molecule has 0 aromatic heterocycles. The first-order chi connectivity index (χ1) is 11.5. The highest BCUT2D eigenvalue weighted by atomic mass is 16.4. The molecule has 24 heavy (non-hydrogen) atoms. The third kappa shape index (κ3) is 4.91. The van der Waals surface area contributed by atoms with Gasteiger partial charge in [0.2, 0.25) is 0 Å². The van der Waals surface area contributed by atoms with Crippen LogP contribution in [0.5, 0.6) is 0 Å². The second-order valence-electron chi connectivity index (χ2n) is 6.39. The van der Waals surface area contributed by atoms with E-state index in [1.807, 2.05) is 79.4 Å². The summed E-state index contributed by atoms with van der Waals surface area (Å²) >= 11 is 0. The number of aliphatic hydroxyl groups is 1. The van der Waals surface area contributed by atoms with Gasteiger partial charge in [0.15, 0.2) is 0 Å². The van der Waals surface area contributed by atoms with Gasteiger partial charge in [0.25, 0.3) is 0 Å². The zero-order chi connectivity index (χ0) is 17.5. The Morgan fingerprint density at radius 3 is 1.67 bits per heavy atom. The Morgan fingerprint density at radius 2 is 1.33 bits per heavy atom. The van der Waals surface area contributed by atoms with Gasteiger partial charge in [-0.15, -0.1) is 0 Å². The topological polar surface area (TPSA) is 60.8 Å². The molecule has 0 unspecified atom stereocenters.